The number of nitrogens with zero attached hydrogens (tertiary/aromatic N) is 3. The van der Waals surface area contributed by atoms with Gasteiger partial charge in [0.05, 0.1) is 23.2 Å². The van der Waals surface area contributed by atoms with Crippen molar-refractivity contribution in [3.63, 3.8) is 0 Å². The molecule has 0 bridgehead atoms. The van der Waals surface area contributed by atoms with Crippen LogP contribution in [0.5, 0.6) is 0 Å². The number of hydrogen-bond acceptors (Lipinski definition) is 8. The summed E-state index contributed by atoms with van der Waals surface area (Å²) in [7, 11) is -3.06. The van der Waals surface area contributed by atoms with Crippen molar-refractivity contribution in [3.05, 3.63) is 40.7 Å². The molecule has 2 aromatic rings. The van der Waals surface area contributed by atoms with Crippen molar-refractivity contribution in [3.8, 4) is 0 Å². The Morgan fingerprint density at radius 2 is 2.17 bits per heavy atom. The fraction of sp³-hybridized carbons (Fsp3) is 0.474. The van der Waals surface area contributed by atoms with Crippen molar-refractivity contribution >= 4 is 38.2 Å². The molecule has 4 rings (SSSR count). The summed E-state index contributed by atoms with van der Waals surface area (Å²) >= 11 is 1.03. The highest BCUT2D eigenvalue weighted by Crippen LogP contribution is 2.42. The molecule has 2 aliphatic rings. The summed E-state index contributed by atoms with van der Waals surface area (Å²) in [5, 5.41) is 7.39. The van der Waals surface area contributed by atoms with Gasteiger partial charge < -0.3 is 4.74 Å². The van der Waals surface area contributed by atoms with Crippen LogP contribution >= 0.6 is 11.3 Å². The van der Waals surface area contributed by atoms with E-state index in [0.717, 1.165) is 29.9 Å². The van der Waals surface area contributed by atoms with E-state index in [4.69, 9.17) is 4.74 Å². The third-order valence-electron chi connectivity index (χ3n) is 5.08. The zero-order valence-corrected chi connectivity index (χ0v) is 18.1. The van der Waals surface area contributed by atoms with E-state index in [1.165, 1.54) is 6.08 Å². The van der Waals surface area contributed by atoms with E-state index in [-0.39, 0.29) is 35.0 Å². The largest absolute Gasteiger partial charge is 0.457 e. The fourth-order valence-electron chi connectivity index (χ4n) is 3.47. The van der Waals surface area contributed by atoms with Crippen LogP contribution in [0.1, 0.15) is 62.8 Å². The van der Waals surface area contributed by atoms with Crippen molar-refractivity contribution in [1.82, 2.24) is 14.8 Å². The summed E-state index contributed by atoms with van der Waals surface area (Å²) in [6.45, 7) is 5.26. The highest BCUT2D eigenvalue weighted by atomic mass is 32.2. The monoisotopic (exact) mass is 450 g/mol. The summed E-state index contributed by atoms with van der Waals surface area (Å²) in [6, 6.07) is 1.50. The van der Waals surface area contributed by atoms with Crippen LogP contribution in [0, 0.1) is 6.92 Å². The van der Waals surface area contributed by atoms with Crippen LogP contribution in [-0.2, 0) is 14.6 Å². The standard InChI is InChI=1S/C19H22N4O5S2/c1-3-7-28-18(25)16-11(2)20-19(29-16)21-17(24)14-9-15(12-4-5-12)23(22-14)13-6-8-30(26,27)10-13/h3,9,12-13H,1,4-8,10H2,2H3,(H,20,21,24). The SMILES string of the molecule is C=CCOC(=O)c1sc(NC(=O)c2cc(C3CC3)n(C3CCS(=O)(=O)C3)n2)nc1C. The predicted octanol–water partition coefficient (Wildman–Crippen LogP) is 2.48. The molecular formula is C19H22N4O5S2. The minimum Gasteiger partial charge on any atom is -0.457 e. The molecule has 1 saturated carbocycles. The Hall–Kier alpha value is -2.53. The summed E-state index contributed by atoms with van der Waals surface area (Å²) in [5.74, 6) is -0.455. The van der Waals surface area contributed by atoms with Gasteiger partial charge in [-0.2, -0.15) is 5.10 Å². The topological polar surface area (TPSA) is 120 Å². The molecule has 2 fully saturated rings. The maximum absolute atomic E-state index is 12.8. The molecule has 9 nitrogen and oxygen atoms in total. The van der Waals surface area contributed by atoms with Crippen molar-refractivity contribution in [1.29, 1.82) is 0 Å². The van der Waals surface area contributed by atoms with Crippen molar-refractivity contribution in [2.24, 2.45) is 0 Å². The zero-order valence-electron chi connectivity index (χ0n) is 16.5. The second-order valence-corrected chi connectivity index (χ2v) is 10.7. The third-order valence-corrected chi connectivity index (χ3v) is 7.89. The molecule has 1 amide bonds. The number of carbonyl (C=O) groups is 2. The second kappa shape index (κ2) is 7.95. The molecule has 1 atom stereocenters. The van der Waals surface area contributed by atoms with Gasteiger partial charge in [0.1, 0.15) is 11.5 Å². The number of nitrogens with one attached hydrogen (secondary N) is 1. The van der Waals surface area contributed by atoms with Crippen LogP contribution in [0.3, 0.4) is 0 Å². The van der Waals surface area contributed by atoms with Crippen LogP contribution < -0.4 is 5.32 Å². The lowest BCUT2D eigenvalue weighted by atomic mass is 10.2. The third kappa shape index (κ3) is 4.31. The van der Waals surface area contributed by atoms with Gasteiger partial charge in [0.2, 0.25) is 0 Å². The molecule has 1 unspecified atom stereocenters. The molecule has 0 spiro atoms. The van der Waals surface area contributed by atoms with Crippen LogP contribution in [0.25, 0.3) is 0 Å². The summed E-state index contributed by atoms with van der Waals surface area (Å²) in [6.07, 6.45) is 4.00. The number of carbonyl (C=O) groups excluding carboxylic acids is 2. The summed E-state index contributed by atoms with van der Waals surface area (Å²) in [5.41, 5.74) is 1.58. The minimum absolute atomic E-state index is 0.0529. The Morgan fingerprint density at radius 3 is 2.80 bits per heavy atom. The summed E-state index contributed by atoms with van der Waals surface area (Å²) < 4.78 is 30.5. The first-order valence-electron chi connectivity index (χ1n) is 9.64. The molecule has 1 aliphatic carbocycles. The van der Waals surface area contributed by atoms with Gasteiger partial charge in [-0.15, -0.1) is 0 Å². The molecule has 0 aromatic carbocycles. The Kier molecular flexibility index (Phi) is 5.49. The average molecular weight is 451 g/mol. The minimum atomic E-state index is -3.06. The lowest BCUT2D eigenvalue weighted by Gasteiger charge is -2.12. The number of thiazole rings is 1. The highest BCUT2D eigenvalue weighted by molar-refractivity contribution is 7.91. The van der Waals surface area contributed by atoms with Crippen molar-refractivity contribution < 1.29 is 22.7 Å². The van der Waals surface area contributed by atoms with E-state index in [2.05, 4.69) is 22.0 Å². The van der Waals surface area contributed by atoms with Crippen LogP contribution in [0.2, 0.25) is 0 Å². The molecule has 11 heteroatoms. The number of hydrogen-bond donors (Lipinski definition) is 1. The Morgan fingerprint density at radius 1 is 1.40 bits per heavy atom. The number of anilines is 1. The molecule has 0 radical (unpaired) electrons. The molecule has 1 aliphatic heterocycles. The van der Waals surface area contributed by atoms with Gasteiger partial charge >= 0.3 is 5.97 Å². The quantitative estimate of drug-likeness (QED) is 0.508. The first kappa shape index (κ1) is 20.7. The number of aryl methyl sites for hydroxylation is 1. The number of amides is 1. The van der Waals surface area contributed by atoms with Gasteiger partial charge in [-0.05, 0) is 32.3 Å². The van der Waals surface area contributed by atoms with Crippen LogP contribution in [0.15, 0.2) is 18.7 Å². The maximum Gasteiger partial charge on any atom is 0.350 e. The molecular weight excluding hydrogens is 428 g/mol. The van der Waals surface area contributed by atoms with E-state index >= 15 is 0 Å². The number of sulfone groups is 1. The second-order valence-electron chi connectivity index (χ2n) is 7.50. The Bertz CT molecular complexity index is 1110. The van der Waals surface area contributed by atoms with E-state index in [1.54, 1.807) is 17.7 Å². The fourth-order valence-corrected chi connectivity index (χ4v) is 6.01. The van der Waals surface area contributed by atoms with Gasteiger partial charge in [-0.1, -0.05) is 24.0 Å². The van der Waals surface area contributed by atoms with Gasteiger partial charge in [-0.25, -0.2) is 18.2 Å². The van der Waals surface area contributed by atoms with E-state index in [0.29, 0.717) is 22.9 Å². The smallest absolute Gasteiger partial charge is 0.350 e. The number of rotatable bonds is 7. The molecule has 1 saturated heterocycles. The lowest BCUT2D eigenvalue weighted by Crippen LogP contribution is -2.17. The summed E-state index contributed by atoms with van der Waals surface area (Å²) in [4.78, 5) is 29.3. The average Bonchev–Trinajstić information content (AvgIpc) is 3.16. The maximum atomic E-state index is 12.8. The van der Waals surface area contributed by atoms with Crippen molar-refractivity contribution in [2.45, 2.75) is 38.1 Å². The molecule has 1 N–H and O–H groups in total. The van der Waals surface area contributed by atoms with Gasteiger partial charge in [0.15, 0.2) is 20.7 Å². The number of ether oxygens (including phenoxy) is 1. The van der Waals surface area contributed by atoms with Gasteiger partial charge in [0, 0.05) is 11.6 Å². The van der Waals surface area contributed by atoms with E-state index in [1.807, 2.05) is 0 Å². The number of esters is 1. The first-order chi connectivity index (χ1) is 14.3. The normalized spacial score (nSPS) is 20.1. The Balaban J connectivity index is 1.52. The van der Waals surface area contributed by atoms with Gasteiger partial charge in [-0.3, -0.25) is 14.8 Å². The Labute approximate surface area is 178 Å². The highest BCUT2D eigenvalue weighted by Gasteiger charge is 2.36. The first-order valence-corrected chi connectivity index (χ1v) is 12.3. The molecule has 2 aromatic heterocycles. The predicted molar refractivity (Wildman–Crippen MR) is 112 cm³/mol. The number of aromatic nitrogens is 3. The van der Waals surface area contributed by atoms with Crippen LogP contribution in [-0.4, -0.2) is 53.2 Å². The molecule has 3 heterocycles. The van der Waals surface area contributed by atoms with E-state index < -0.39 is 21.7 Å². The zero-order chi connectivity index (χ0) is 21.5. The van der Waals surface area contributed by atoms with Crippen LogP contribution in [0.4, 0.5) is 5.13 Å². The van der Waals surface area contributed by atoms with E-state index in [9.17, 15) is 18.0 Å². The molecule has 160 valence electrons. The van der Waals surface area contributed by atoms with Gasteiger partial charge in [0.25, 0.3) is 5.91 Å². The van der Waals surface area contributed by atoms with Crippen molar-refractivity contribution in [2.75, 3.05) is 23.4 Å². The molecule has 30 heavy (non-hydrogen) atoms. The lowest BCUT2D eigenvalue weighted by molar-refractivity contribution is 0.0554.